The average molecular weight is 305 g/mol. The fraction of sp³-hybridized carbons (Fsp3) is 0.529. The zero-order chi connectivity index (χ0) is 16.0. The number of carbonyl (C=O) groups excluding carboxylic acids is 1. The van der Waals surface area contributed by atoms with Crippen molar-refractivity contribution < 1.29 is 19.1 Å². The van der Waals surface area contributed by atoms with Gasteiger partial charge in [0.1, 0.15) is 5.82 Å². The summed E-state index contributed by atoms with van der Waals surface area (Å²) in [4.78, 5) is 26.0. The first-order valence-electron chi connectivity index (χ1n) is 7.67. The zero-order valence-electron chi connectivity index (χ0n) is 12.6. The first-order chi connectivity index (χ1) is 10.4. The minimum atomic E-state index is -0.904. The first-order valence-corrected chi connectivity index (χ1v) is 7.67. The molecule has 22 heavy (non-hydrogen) atoms. The van der Waals surface area contributed by atoms with Gasteiger partial charge in [0.05, 0.1) is 10.8 Å². The molecule has 1 atom stereocenters. The molecule has 1 unspecified atom stereocenters. The van der Waals surface area contributed by atoms with Crippen molar-refractivity contribution in [2.75, 3.05) is 13.1 Å². The van der Waals surface area contributed by atoms with E-state index in [-0.39, 0.29) is 18.3 Å². The number of carboxylic acids is 1. The van der Waals surface area contributed by atoms with Crippen molar-refractivity contribution in [3.05, 3.63) is 35.6 Å². The van der Waals surface area contributed by atoms with E-state index in [1.165, 1.54) is 6.07 Å². The SMILES string of the molecule is CC1(C(=O)O)CCCN(C(=O)C2(c3ccccc3F)CC2)C1. The second-order valence-electron chi connectivity index (χ2n) is 6.76. The molecule has 1 heterocycles. The second-order valence-corrected chi connectivity index (χ2v) is 6.76. The maximum Gasteiger partial charge on any atom is 0.311 e. The summed E-state index contributed by atoms with van der Waals surface area (Å²) in [5, 5.41) is 9.38. The van der Waals surface area contributed by atoms with E-state index in [0.717, 1.165) is 0 Å². The number of amides is 1. The van der Waals surface area contributed by atoms with Crippen LogP contribution in [-0.4, -0.2) is 35.0 Å². The van der Waals surface area contributed by atoms with Gasteiger partial charge >= 0.3 is 5.97 Å². The molecular formula is C17H20FNO3. The maximum atomic E-state index is 14.1. The molecule has 2 aliphatic rings. The van der Waals surface area contributed by atoms with Crippen molar-refractivity contribution in [2.24, 2.45) is 5.41 Å². The molecule has 0 bridgehead atoms. The quantitative estimate of drug-likeness (QED) is 0.933. The van der Waals surface area contributed by atoms with Crippen LogP contribution in [0.1, 0.15) is 38.2 Å². The molecule has 4 nitrogen and oxygen atoms in total. The highest BCUT2D eigenvalue weighted by Gasteiger charge is 2.55. The Balaban J connectivity index is 1.85. The topological polar surface area (TPSA) is 57.6 Å². The van der Waals surface area contributed by atoms with Gasteiger partial charge in [0.25, 0.3) is 0 Å². The number of hydrogen-bond donors (Lipinski definition) is 1. The van der Waals surface area contributed by atoms with E-state index in [0.29, 0.717) is 37.8 Å². The third kappa shape index (κ3) is 2.28. The van der Waals surface area contributed by atoms with Gasteiger partial charge in [-0.3, -0.25) is 9.59 Å². The van der Waals surface area contributed by atoms with Crippen LogP contribution in [0.2, 0.25) is 0 Å². The van der Waals surface area contributed by atoms with E-state index in [1.807, 2.05) is 0 Å². The number of aliphatic carboxylic acids is 1. The van der Waals surface area contributed by atoms with E-state index >= 15 is 0 Å². The monoisotopic (exact) mass is 305 g/mol. The molecule has 0 radical (unpaired) electrons. The third-order valence-electron chi connectivity index (χ3n) is 5.05. The van der Waals surface area contributed by atoms with Gasteiger partial charge in [-0.1, -0.05) is 18.2 Å². The van der Waals surface area contributed by atoms with Gasteiger partial charge in [0.2, 0.25) is 5.91 Å². The Hall–Kier alpha value is -1.91. The maximum absolute atomic E-state index is 14.1. The summed E-state index contributed by atoms with van der Waals surface area (Å²) in [6.07, 6.45) is 2.50. The molecule has 0 aromatic heterocycles. The highest BCUT2D eigenvalue weighted by atomic mass is 19.1. The lowest BCUT2D eigenvalue weighted by Crippen LogP contribution is -2.51. The number of hydrogen-bond acceptors (Lipinski definition) is 2. The molecular weight excluding hydrogens is 285 g/mol. The van der Waals surface area contributed by atoms with Crippen LogP contribution < -0.4 is 0 Å². The van der Waals surface area contributed by atoms with E-state index < -0.39 is 16.8 Å². The lowest BCUT2D eigenvalue weighted by molar-refractivity contribution is -0.154. The van der Waals surface area contributed by atoms with E-state index in [2.05, 4.69) is 0 Å². The van der Waals surface area contributed by atoms with Crippen LogP contribution in [0.4, 0.5) is 4.39 Å². The van der Waals surface area contributed by atoms with Crippen LogP contribution in [-0.2, 0) is 15.0 Å². The van der Waals surface area contributed by atoms with Crippen LogP contribution in [0, 0.1) is 11.2 Å². The largest absolute Gasteiger partial charge is 0.481 e. The smallest absolute Gasteiger partial charge is 0.311 e. The van der Waals surface area contributed by atoms with Crippen molar-refractivity contribution in [1.29, 1.82) is 0 Å². The Morgan fingerprint density at radius 3 is 2.50 bits per heavy atom. The molecule has 3 rings (SSSR count). The second kappa shape index (κ2) is 5.07. The van der Waals surface area contributed by atoms with Gasteiger partial charge in [-0.05, 0) is 38.7 Å². The van der Waals surface area contributed by atoms with Crippen LogP contribution in [0.15, 0.2) is 24.3 Å². The Labute approximate surface area is 128 Å². The summed E-state index contributed by atoms with van der Waals surface area (Å²) < 4.78 is 14.1. The molecule has 1 N–H and O–H groups in total. The van der Waals surface area contributed by atoms with E-state index in [1.54, 1.807) is 30.0 Å². The van der Waals surface area contributed by atoms with Crippen molar-refractivity contribution in [3.63, 3.8) is 0 Å². The van der Waals surface area contributed by atoms with Crippen LogP contribution >= 0.6 is 0 Å². The number of piperidine rings is 1. The lowest BCUT2D eigenvalue weighted by Gasteiger charge is -2.39. The zero-order valence-corrected chi connectivity index (χ0v) is 12.6. The minimum absolute atomic E-state index is 0.121. The molecule has 118 valence electrons. The van der Waals surface area contributed by atoms with Crippen LogP contribution in [0.25, 0.3) is 0 Å². The van der Waals surface area contributed by atoms with Crippen molar-refractivity contribution >= 4 is 11.9 Å². The lowest BCUT2D eigenvalue weighted by atomic mass is 9.81. The van der Waals surface area contributed by atoms with Crippen LogP contribution in [0.3, 0.4) is 0 Å². The van der Waals surface area contributed by atoms with Crippen molar-refractivity contribution in [3.8, 4) is 0 Å². The number of halogens is 1. The first kappa shape index (κ1) is 15.0. The van der Waals surface area contributed by atoms with Crippen molar-refractivity contribution in [2.45, 2.75) is 38.0 Å². The van der Waals surface area contributed by atoms with Gasteiger partial charge in [-0.25, -0.2) is 4.39 Å². The molecule has 1 saturated heterocycles. The number of rotatable bonds is 3. The normalized spacial score (nSPS) is 26.5. The van der Waals surface area contributed by atoms with Gasteiger partial charge in [0.15, 0.2) is 0 Å². The van der Waals surface area contributed by atoms with E-state index in [4.69, 9.17) is 0 Å². The van der Waals surface area contributed by atoms with Gasteiger partial charge in [-0.2, -0.15) is 0 Å². The summed E-state index contributed by atoms with van der Waals surface area (Å²) in [5.74, 6) is -1.35. The Morgan fingerprint density at radius 1 is 1.23 bits per heavy atom. The average Bonchev–Trinajstić information content (AvgIpc) is 3.28. The summed E-state index contributed by atoms with van der Waals surface area (Å²) in [6, 6.07) is 6.39. The minimum Gasteiger partial charge on any atom is -0.481 e. The summed E-state index contributed by atoms with van der Waals surface area (Å²) in [6.45, 7) is 2.44. The predicted molar refractivity (Wildman–Crippen MR) is 78.9 cm³/mol. The van der Waals surface area contributed by atoms with Gasteiger partial charge in [0, 0.05) is 18.7 Å². The predicted octanol–water partition coefficient (Wildman–Crippen LogP) is 2.57. The molecule has 1 aromatic rings. The molecule has 5 heteroatoms. The highest BCUT2D eigenvalue weighted by molar-refractivity contribution is 5.92. The summed E-state index contributed by atoms with van der Waals surface area (Å²) >= 11 is 0. The summed E-state index contributed by atoms with van der Waals surface area (Å²) in [5.41, 5.74) is -1.23. The van der Waals surface area contributed by atoms with Crippen LogP contribution in [0.5, 0.6) is 0 Å². The molecule has 1 saturated carbocycles. The molecule has 2 fully saturated rings. The third-order valence-corrected chi connectivity index (χ3v) is 5.05. The van der Waals surface area contributed by atoms with Crippen molar-refractivity contribution in [1.82, 2.24) is 4.90 Å². The fourth-order valence-corrected chi connectivity index (χ4v) is 3.46. The molecule has 1 aromatic carbocycles. The van der Waals surface area contributed by atoms with E-state index in [9.17, 15) is 19.1 Å². The fourth-order valence-electron chi connectivity index (χ4n) is 3.46. The molecule has 1 amide bonds. The molecule has 1 aliphatic carbocycles. The number of carboxylic acid groups (broad SMARTS) is 1. The standard InChI is InChI=1S/C17H20FNO3/c1-16(15(21)22)7-4-10-19(11-16)14(20)17(8-9-17)12-5-2-3-6-13(12)18/h2-3,5-6H,4,7-11H2,1H3,(H,21,22). The number of carbonyl (C=O) groups is 2. The number of nitrogens with zero attached hydrogens (tertiary/aromatic N) is 1. The molecule has 1 aliphatic heterocycles. The number of likely N-dealkylation sites (tertiary alicyclic amines) is 1. The summed E-state index contributed by atoms with van der Waals surface area (Å²) in [7, 11) is 0. The Kier molecular flexibility index (Phi) is 3.46. The Morgan fingerprint density at radius 2 is 1.91 bits per heavy atom. The highest BCUT2D eigenvalue weighted by Crippen LogP contribution is 2.51. The molecule has 0 spiro atoms. The number of benzene rings is 1. The van der Waals surface area contributed by atoms with Gasteiger partial charge < -0.3 is 10.0 Å². The Bertz CT molecular complexity index is 626. The van der Waals surface area contributed by atoms with Gasteiger partial charge in [-0.15, -0.1) is 0 Å².